The molecule has 0 N–H and O–H groups in total. The minimum absolute atomic E-state index is 0.196. The molecule has 0 aromatic heterocycles. The van der Waals surface area contributed by atoms with Crippen LogP contribution < -0.4 is 0 Å². The van der Waals surface area contributed by atoms with Crippen LogP contribution >= 0.6 is 0 Å². The molecular weight excluding hydrogens is 258 g/mol. The van der Waals surface area contributed by atoms with Crippen LogP contribution in [0, 0.1) is 0 Å². The second-order valence-corrected chi connectivity index (χ2v) is 5.67. The normalized spacial score (nSPS) is 15.0. The molecule has 0 aliphatic carbocycles. The summed E-state index contributed by atoms with van der Waals surface area (Å²) in [5.74, 6) is 0.196. The largest absolute Gasteiger partial charge is 0.339 e. The predicted octanol–water partition coefficient (Wildman–Crippen LogP) is 3.90. The van der Waals surface area contributed by atoms with E-state index in [1.54, 1.807) is 0 Å². The van der Waals surface area contributed by atoms with Crippen molar-refractivity contribution in [2.24, 2.45) is 0 Å². The Bertz CT molecular complexity index is 600. The van der Waals surface area contributed by atoms with Crippen molar-refractivity contribution in [2.75, 3.05) is 13.1 Å². The average molecular weight is 279 g/mol. The quantitative estimate of drug-likeness (QED) is 0.834. The molecule has 2 heteroatoms. The van der Waals surface area contributed by atoms with Crippen molar-refractivity contribution in [1.82, 2.24) is 4.90 Å². The lowest BCUT2D eigenvalue weighted by Gasteiger charge is -2.27. The van der Waals surface area contributed by atoms with E-state index >= 15 is 0 Å². The Balaban J connectivity index is 1.83. The van der Waals surface area contributed by atoms with E-state index in [9.17, 15) is 4.79 Å². The summed E-state index contributed by atoms with van der Waals surface area (Å²) >= 11 is 0. The van der Waals surface area contributed by atoms with Gasteiger partial charge < -0.3 is 4.90 Å². The molecule has 0 spiro atoms. The van der Waals surface area contributed by atoms with Crippen molar-refractivity contribution in [2.45, 2.75) is 25.7 Å². The summed E-state index contributed by atoms with van der Waals surface area (Å²) < 4.78 is 0. The van der Waals surface area contributed by atoms with Gasteiger partial charge in [-0.3, -0.25) is 4.79 Å². The lowest BCUT2D eigenvalue weighted by molar-refractivity contribution is 0.0723. The Morgan fingerprint density at radius 1 is 0.857 bits per heavy atom. The van der Waals surface area contributed by atoms with Gasteiger partial charge in [-0.05, 0) is 42.9 Å². The summed E-state index contributed by atoms with van der Waals surface area (Å²) in [6.45, 7) is 1.80. The van der Waals surface area contributed by atoms with Crippen molar-refractivity contribution >= 4 is 5.91 Å². The molecule has 1 heterocycles. The molecule has 0 radical (unpaired) electrons. The van der Waals surface area contributed by atoms with Crippen molar-refractivity contribution in [3.63, 3.8) is 0 Å². The third kappa shape index (κ3) is 3.33. The maximum atomic E-state index is 12.7. The summed E-state index contributed by atoms with van der Waals surface area (Å²) in [6, 6.07) is 18.4. The molecule has 1 aliphatic heterocycles. The minimum atomic E-state index is 0.196. The van der Waals surface area contributed by atoms with Gasteiger partial charge in [0.05, 0.1) is 0 Å². The van der Waals surface area contributed by atoms with Crippen LogP contribution in [-0.2, 0) is 6.42 Å². The highest BCUT2D eigenvalue weighted by Crippen LogP contribution is 2.19. The lowest BCUT2D eigenvalue weighted by atomic mass is 9.98. The summed E-state index contributed by atoms with van der Waals surface area (Å²) in [5, 5.41) is 0. The molecule has 1 amide bonds. The molecule has 21 heavy (non-hydrogen) atoms. The number of benzene rings is 2. The number of nitrogens with zero attached hydrogens (tertiary/aromatic N) is 1. The van der Waals surface area contributed by atoms with E-state index in [1.807, 2.05) is 41.3 Å². The first-order valence-electron chi connectivity index (χ1n) is 7.76. The van der Waals surface area contributed by atoms with E-state index in [1.165, 1.54) is 12.0 Å². The number of hydrogen-bond acceptors (Lipinski definition) is 1. The van der Waals surface area contributed by atoms with Crippen LogP contribution in [0.1, 0.15) is 40.7 Å². The molecule has 1 saturated heterocycles. The predicted molar refractivity (Wildman–Crippen MR) is 85.4 cm³/mol. The standard InChI is InChI=1S/C19H21NO/c21-19(20-13-7-2-8-14-20)18-12-6-5-11-17(18)15-16-9-3-1-4-10-16/h1,3-6,9-12H,2,7-8,13-15H2. The van der Waals surface area contributed by atoms with Gasteiger partial charge in [-0.25, -0.2) is 0 Å². The van der Waals surface area contributed by atoms with Gasteiger partial charge in [-0.1, -0.05) is 48.5 Å². The molecule has 0 atom stereocenters. The zero-order chi connectivity index (χ0) is 14.5. The molecule has 1 aliphatic rings. The van der Waals surface area contributed by atoms with E-state index in [4.69, 9.17) is 0 Å². The Morgan fingerprint density at radius 2 is 1.52 bits per heavy atom. The van der Waals surface area contributed by atoms with Crippen LogP contribution in [0.2, 0.25) is 0 Å². The minimum Gasteiger partial charge on any atom is -0.339 e. The first kappa shape index (κ1) is 13.9. The fourth-order valence-corrected chi connectivity index (χ4v) is 2.97. The van der Waals surface area contributed by atoms with Crippen molar-refractivity contribution in [3.8, 4) is 0 Å². The Hall–Kier alpha value is -2.09. The number of piperidine rings is 1. The van der Waals surface area contributed by atoms with Crippen molar-refractivity contribution in [1.29, 1.82) is 0 Å². The molecular formula is C19H21NO. The van der Waals surface area contributed by atoms with Crippen molar-refractivity contribution in [3.05, 3.63) is 71.3 Å². The number of carbonyl (C=O) groups excluding carboxylic acids is 1. The van der Waals surface area contributed by atoms with Gasteiger partial charge in [0, 0.05) is 18.7 Å². The Morgan fingerprint density at radius 3 is 2.29 bits per heavy atom. The van der Waals surface area contributed by atoms with E-state index < -0.39 is 0 Å². The van der Waals surface area contributed by atoms with Gasteiger partial charge in [0.15, 0.2) is 0 Å². The summed E-state index contributed by atoms with van der Waals surface area (Å²) in [6.07, 6.45) is 4.32. The second-order valence-electron chi connectivity index (χ2n) is 5.67. The summed E-state index contributed by atoms with van der Waals surface area (Å²) in [7, 11) is 0. The van der Waals surface area contributed by atoms with E-state index in [0.29, 0.717) is 0 Å². The molecule has 108 valence electrons. The molecule has 1 fully saturated rings. The molecule has 0 unspecified atom stereocenters. The maximum Gasteiger partial charge on any atom is 0.254 e. The fraction of sp³-hybridized carbons (Fsp3) is 0.316. The van der Waals surface area contributed by atoms with Gasteiger partial charge in [0.1, 0.15) is 0 Å². The highest BCUT2D eigenvalue weighted by atomic mass is 16.2. The van der Waals surface area contributed by atoms with Crippen LogP contribution in [0.25, 0.3) is 0 Å². The highest BCUT2D eigenvalue weighted by molar-refractivity contribution is 5.95. The summed E-state index contributed by atoms with van der Waals surface area (Å²) in [4.78, 5) is 14.7. The molecule has 2 nitrogen and oxygen atoms in total. The molecule has 2 aromatic carbocycles. The van der Waals surface area contributed by atoms with E-state index in [0.717, 1.165) is 43.5 Å². The molecule has 2 aromatic rings. The number of likely N-dealkylation sites (tertiary alicyclic amines) is 1. The van der Waals surface area contributed by atoms with E-state index in [2.05, 4.69) is 18.2 Å². The lowest BCUT2D eigenvalue weighted by Crippen LogP contribution is -2.36. The zero-order valence-electron chi connectivity index (χ0n) is 12.3. The Labute approximate surface area is 126 Å². The average Bonchev–Trinajstić information content (AvgIpc) is 2.56. The van der Waals surface area contributed by atoms with Crippen LogP contribution in [0.5, 0.6) is 0 Å². The van der Waals surface area contributed by atoms with Crippen LogP contribution in [0.4, 0.5) is 0 Å². The summed E-state index contributed by atoms with van der Waals surface area (Å²) in [5.41, 5.74) is 3.24. The van der Waals surface area contributed by atoms with Crippen LogP contribution in [0.3, 0.4) is 0 Å². The fourth-order valence-electron chi connectivity index (χ4n) is 2.97. The van der Waals surface area contributed by atoms with Gasteiger partial charge in [-0.2, -0.15) is 0 Å². The van der Waals surface area contributed by atoms with Crippen LogP contribution in [0.15, 0.2) is 54.6 Å². The highest BCUT2D eigenvalue weighted by Gasteiger charge is 2.20. The van der Waals surface area contributed by atoms with Gasteiger partial charge in [-0.15, -0.1) is 0 Å². The first-order chi connectivity index (χ1) is 10.3. The van der Waals surface area contributed by atoms with Gasteiger partial charge >= 0.3 is 0 Å². The van der Waals surface area contributed by atoms with Crippen molar-refractivity contribution < 1.29 is 4.79 Å². The van der Waals surface area contributed by atoms with Crippen LogP contribution in [-0.4, -0.2) is 23.9 Å². The molecule has 0 bridgehead atoms. The van der Waals surface area contributed by atoms with Gasteiger partial charge in [0.2, 0.25) is 0 Å². The number of amides is 1. The number of carbonyl (C=O) groups is 1. The topological polar surface area (TPSA) is 20.3 Å². The number of rotatable bonds is 3. The SMILES string of the molecule is O=C(c1ccccc1Cc1ccccc1)N1CCCCC1. The smallest absolute Gasteiger partial charge is 0.254 e. The Kier molecular flexibility index (Phi) is 4.34. The maximum absolute atomic E-state index is 12.7. The zero-order valence-corrected chi connectivity index (χ0v) is 12.3. The van der Waals surface area contributed by atoms with Gasteiger partial charge in [0.25, 0.3) is 5.91 Å². The third-order valence-electron chi connectivity index (χ3n) is 4.13. The third-order valence-corrected chi connectivity index (χ3v) is 4.13. The molecule has 0 saturated carbocycles. The molecule has 3 rings (SSSR count). The first-order valence-corrected chi connectivity index (χ1v) is 7.76. The second kappa shape index (κ2) is 6.57. The van der Waals surface area contributed by atoms with E-state index in [-0.39, 0.29) is 5.91 Å². The number of hydrogen-bond donors (Lipinski definition) is 0. The monoisotopic (exact) mass is 279 g/mol.